The molecule has 0 aliphatic carbocycles. The predicted octanol–water partition coefficient (Wildman–Crippen LogP) is 0.909. The number of nitrogens with zero attached hydrogens (tertiary/aromatic N) is 2. The largest absolute Gasteiger partial charge is 0.292 e. The number of carbonyl (C=O) groups is 1. The van der Waals surface area contributed by atoms with Crippen molar-refractivity contribution in [1.82, 2.24) is 9.78 Å². The van der Waals surface area contributed by atoms with E-state index in [2.05, 4.69) is 5.10 Å². The summed E-state index contributed by atoms with van der Waals surface area (Å²) in [5.41, 5.74) is 0.331. The zero-order valence-electron chi connectivity index (χ0n) is 9.89. The summed E-state index contributed by atoms with van der Waals surface area (Å²) in [7, 11) is -3.43. The Kier molecular flexibility index (Phi) is 3.23. The molecule has 5 nitrogen and oxygen atoms in total. The lowest BCUT2D eigenvalue weighted by Gasteiger charge is -2.19. The van der Waals surface area contributed by atoms with E-state index < -0.39 is 20.4 Å². The monoisotopic (exact) mass is 244 g/mol. The highest BCUT2D eigenvalue weighted by molar-refractivity contribution is 7.92. The van der Waals surface area contributed by atoms with Crippen LogP contribution in [0.1, 0.15) is 31.1 Å². The molecule has 0 unspecified atom stereocenters. The quantitative estimate of drug-likeness (QED) is 0.738. The first-order valence-corrected chi connectivity index (χ1v) is 6.86. The number of aromatic nitrogens is 2. The van der Waals surface area contributed by atoms with Crippen molar-refractivity contribution in [2.24, 2.45) is 0 Å². The Morgan fingerprint density at radius 3 is 2.44 bits per heavy atom. The summed E-state index contributed by atoms with van der Waals surface area (Å²) >= 11 is 0. The summed E-state index contributed by atoms with van der Waals surface area (Å²) < 4.78 is 23.2. The Bertz CT molecular complexity index is 500. The molecule has 0 atom stereocenters. The Morgan fingerprint density at radius 1 is 1.50 bits per heavy atom. The van der Waals surface area contributed by atoms with Gasteiger partial charge in [0.15, 0.2) is 15.6 Å². The molecular formula is C10H16N2O3S. The molecule has 0 radical (unpaired) electrons. The van der Waals surface area contributed by atoms with Gasteiger partial charge in [0.1, 0.15) is 4.75 Å². The van der Waals surface area contributed by atoms with Gasteiger partial charge in [-0.3, -0.25) is 9.48 Å². The molecule has 1 rings (SSSR count). The Balaban J connectivity index is 3.12. The van der Waals surface area contributed by atoms with E-state index in [1.54, 1.807) is 10.9 Å². The smallest absolute Gasteiger partial charge is 0.186 e. The van der Waals surface area contributed by atoms with Crippen molar-refractivity contribution in [2.45, 2.75) is 32.1 Å². The molecule has 1 heterocycles. The molecule has 1 aromatic rings. The topological polar surface area (TPSA) is 69.0 Å². The van der Waals surface area contributed by atoms with E-state index in [1.165, 1.54) is 20.0 Å². The number of Topliss-reactive ketones (excluding diaryl/α,β-unsaturated/α-hetero) is 1. The summed E-state index contributed by atoms with van der Waals surface area (Å²) in [6, 6.07) is 0. The summed E-state index contributed by atoms with van der Waals surface area (Å²) in [6.45, 7) is 5.36. The minimum absolute atomic E-state index is 0.331. The van der Waals surface area contributed by atoms with Gasteiger partial charge in [-0.2, -0.15) is 5.10 Å². The number of carbonyl (C=O) groups excluding carboxylic acids is 1. The van der Waals surface area contributed by atoms with Crippen molar-refractivity contribution >= 4 is 15.6 Å². The van der Waals surface area contributed by atoms with Crippen molar-refractivity contribution in [3.8, 4) is 0 Å². The predicted molar refractivity (Wildman–Crippen MR) is 61.2 cm³/mol. The van der Waals surface area contributed by atoms with Gasteiger partial charge < -0.3 is 0 Å². The van der Waals surface area contributed by atoms with Crippen LogP contribution in [0.15, 0.2) is 12.4 Å². The van der Waals surface area contributed by atoms with Crippen molar-refractivity contribution in [3.63, 3.8) is 0 Å². The van der Waals surface area contributed by atoms with E-state index in [0.717, 1.165) is 6.26 Å². The maximum Gasteiger partial charge on any atom is 0.186 e. The molecule has 0 saturated heterocycles. The molecule has 0 fully saturated rings. The van der Waals surface area contributed by atoms with Crippen molar-refractivity contribution < 1.29 is 13.2 Å². The third-order valence-corrected chi connectivity index (χ3v) is 4.73. The fourth-order valence-corrected chi connectivity index (χ4v) is 1.62. The first-order chi connectivity index (χ1) is 7.20. The molecule has 0 aliphatic heterocycles. The Morgan fingerprint density at radius 2 is 2.06 bits per heavy atom. The third kappa shape index (κ3) is 2.16. The molecule has 6 heteroatoms. The first-order valence-electron chi connectivity index (χ1n) is 4.97. The highest BCUT2D eigenvalue weighted by atomic mass is 32.2. The van der Waals surface area contributed by atoms with E-state index in [0.29, 0.717) is 12.1 Å². The first kappa shape index (κ1) is 12.9. The minimum Gasteiger partial charge on any atom is -0.292 e. The van der Waals surface area contributed by atoms with Crippen LogP contribution < -0.4 is 0 Å². The van der Waals surface area contributed by atoms with Crippen LogP contribution >= 0.6 is 0 Å². The van der Waals surface area contributed by atoms with E-state index in [9.17, 15) is 13.2 Å². The molecule has 16 heavy (non-hydrogen) atoms. The van der Waals surface area contributed by atoms with Crippen LogP contribution in [-0.4, -0.2) is 35.0 Å². The van der Waals surface area contributed by atoms with Crippen LogP contribution in [0.5, 0.6) is 0 Å². The number of rotatable bonds is 4. The maximum atomic E-state index is 12.0. The zero-order valence-corrected chi connectivity index (χ0v) is 10.7. The summed E-state index contributed by atoms with van der Waals surface area (Å²) in [6.07, 6.45) is 4.03. The number of hydrogen-bond acceptors (Lipinski definition) is 4. The SMILES string of the molecule is CCn1cc(C(=O)C(C)(C)S(C)(=O)=O)cn1. The summed E-state index contributed by atoms with van der Waals surface area (Å²) in [5, 5.41) is 3.95. The average Bonchev–Trinajstić information content (AvgIpc) is 2.62. The standard InChI is InChI=1S/C10H16N2O3S/c1-5-12-7-8(6-11-12)9(13)10(2,3)16(4,14)15/h6-7H,5H2,1-4H3. The molecule has 0 saturated carbocycles. The molecular weight excluding hydrogens is 228 g/mol. The van der Waals surface area contributed by atoms with Crippen molar-refractivity contribution in [2.75, 3.05) is 6.26 Å². The molecule has 0 amide bonds. The lowest BCUT2D eigenvalue weighted by molar-refractivity contribution is 0.0954. The third-order valence-electron chi connectivity index (χ3n) is 2.69. The van der Waals surface area contributed by atoms with Gasteiger partial charge in [-0.1, -0.05) is 0 Å². The van der Waals surface area contributed by atoms with Gasteiger partial charge in [-0.15, -0.1) is 0 Å². The highest BCUT2D eigenvalue weighted by Gasteiger charge is 2.39. The fraction of sp³-hybridized carbons (Fsp3) is 0.600. The van der Waals surface area contributed by atoms with Crippen LogP contribution in [0.25, 0.3) is 0 Å². The summed E-state index contributed by atoms with van der Waals surface area (Å²) in [5.74, 6) is -0.422. The molecule has 0 N–H and O–H groups in total. The van der Waals surface area contributed by atoms with Gasteiger partial charge in [0, 0.05) is 19.0 Å². The molecule has 0 aliphatic rings. The molecule has 0 bridgehead atoms. The van der Waals surface area contributed by atoms with Crippen LogP contribution in [0, 0.1) is 0 Å². The van der Waals surface area contributed by atoms with Crippen LogP contribution in [0.2, 0.25) is 0 Å². The molecule has 0 spiro atoms. The van der Waals surface area contributed by atoms with Crippen LogP contribution in [0.3, 0.4) is 0 Å². The van der Waals surface area contributed by atoms with Crippen LogP contribution in [0.4, 0.5) is 0 Å². The number of hydrogen-bond donors (Lipinski definition) is 0. The van der Waals surface area contributed by atoms with Crippen molar-refractivity contribution in [3.05, 3.63) is 18.0 Å². The van der Waals surface area contributed by atoms with E-state index in [1.807, 2.05) is 6.92 Å². The second-order valence-electron chi connectivity index (χ2n) is 4.20. The molecule has 1 aromatic heterocycles. The lowest BCUT2D eigenvalue weighted by Crippen LogP contribution is -2.39. The van der Waals surface area contributed by atoms with Crippen LogP contribution in [-0.2, 0) is 16.4 Å². The van der Waals surface area contributed by atoms with Gasteiger partial charge >= 0.3 is 0 Å². The fourth-order valence-electron chi connectivity index (χ4n) is 1.17. The average molecular weight is 244 g/mol. The van der Waals surface area contributed by atoms with E-state index >= 15 is 0 Å². The number of ketones is 1. The van der Waals surface area contributed by atoms with Gasteiger partial charge in [-0.25, -0.2) is 8.42 Å². The molecule has 90 valence electrons. The summed E-state index contributed by atoms with van der Waals surface area (Å²) in [4.78, 5) is 12.0. The lowest BCUT2D eigenvalue weighted by atomic mass is 10.0. The second kappa shape index (κ2) is 4.01. The van der Waals surface area contributed by atoms with E-state index in [-0.39, 0.29) is 0 Å². The normalized spacial score (nSPS) is 12.8. The van der Waals surface area contributed by atoms with Gasteiger partial charge in [0.05, 0.1) is 11.8 Å². The molecule has 0 aromatic carbocycles. The Hall–Kier alpha value is -1.17. The highest BCUT2D eigenvalue weighted by Crippen LogP contribution is 2.21. The number of aryl methyl sites for hydroxylation is 1. The van der Waals surface area contributed by atoms with Gasteiger partial charge in [0.2, 0.25) is 0 Å². The Labute approximate surface area is 95.4 Å². The minimum atomic E-state index is -3.43. The van der Waals surface area contributed by atoms with Gasteiger partial charge in [0.25, 0.3) is 0 Å². The maximum absolute atomic E-state index is 12.0. The second-order valence-corrected chi connectivity index (χ2v) is 6.76. The van der Waals surface area contributed by atoms with E-state index in [4.69, 9.17) is 0 Å². The van der Waals surface area contributed by atoms with Gasteiger partial charge in [-0.05, 0) is 20.8 Å². The number of sulfone groups is 1. The zero-order chi connectivity index (χ0) is 12.6. The van der Waals surface area contributed by atoms with Crippen molar-refractivity contribution in [1.29, 1.82) is 0 Å².